The van der Waals surface area contributed by atoms with Crippen LogP contribution in [0.2, 0.25) is 5.02 Å². The van der Waals surface area contributed by atoms with Gasteiger partial charge in [0.2, 0.25) is 17.7 Å². The molecule has 3 saturated heterocycles. The Balaban J connectivity index is 0.757. The summed E-state index contributed by atoms with van der Waals surface area (Å²) in [6, 6.07) is 19.2. The lowest BCUT2D eigenvalue weighted by Gasteiger charge is -2.38. The first-order valence-corrected chi connectivity index (χ1v) is 29.4. The van der Waals surface area contributed by atoms with Gasteiger partial charge in [0.15, 0.2) is 5.82 Å². The number of piperidine rings is 1. The number of anilines is 1. The molecule has 10 rings (SSSR count). The van der Waals surface area contributed by atoms with Crippen LogP contribution in [0.5, 0.6) is 11.8 Å². The van der Waals surface area contributed by atoms with E-state index in [9.17, 15) is 24.6 Å². The number of amides is 3. The van der Waals surface area contributed by atoms with Gasteiger partial charge in [0, 0.05) is 67.9 Å². The maximum absolute atomic E-state index is 17.4. The van der Waals surface area contributed by atoms with Crippen LogP contribution in [0.15, 0.2) is 97.2 Å². The van der Waals surface area contributed by atoms with Crippen molar-refractivity contribution in [3.05, 3.63) is 119 Å². The summed E-state index contributed by atoms with van der Waals surface area (Å²) in [5.74, 6) is -0.844. The van der Waals surface area contributed by atoms with Crippen molar-refractivity contribution < 1.29 is 38.5 Å². The number of thiazole rings is 1. The number of likely N-dealkylation sites (tertiary alicyclic amines) is 2. The molecule has 4 aromatic carbocycles. The summed E-state index contributed by atoms with van der Waals surface area (Å²) in [5, 5.41) is 30.1. The molecular formula is C62H73ClFN9O7S. The first-order chi connectivity index (χ1) is 38.8. The minimum absolute atomic E-state index is 0.0250. The van der Waals surface area contributed by atoms with Crippen LogP contribution < -0.4 is 20.3 Å². The van der Waals surface area contributed by atoms with Crippen molar-refractivity contribution in [1.82, 2.24) is 40.3 Å². The Morgan fingerprint density at radius 2 is 1.70 bits per heavy atom. The Morgan fingerprint density at radius 3 is 2.41 bits per heavy atom. The number of carbonyl (C=O) groups excluding carboxylic acids is 3. The highest BCUT2D eigenvalue weighted by Gasteiger charge is 2.44. The number of aromatic nitrogens is 3. The highest BCUT2D eigenvalue weighted by atomic mass is 35.5. The number of hydrogen-bond acceptors (Lipinski definition) is 14. The lowest BCUT2D eigenvalue weighted by atomic mass is 9.85. The predicted octanol–water partition coefficient (Wildman–Crippen LogP) is 9.60. The molecule has 1 saturated carbocycles. The number of fused-ring (bicyclic) bond motifs is 2. The predicted molar refractivity (Wildman–Crippen MR) is 316 cm³/mol. The van der Waals surface area contributed by atoms with Gasteiger partial charge in [-0.3, -0.25) is 19.3 Å². The van der Waals surface area contributed by atoms with Crippen molar-refractivity contribution >= 4 is 68.2 Å². The van der Waals surface area contributed by atoms with Crippen LogP contribution in [0.25, 0.3) is 43.2 Å². The van der Waals surface area contributed by atoms with Crippen LogP contribution in [0.3, 0.4) is 0 Å². The number of β-amino-alcohol motifs (C(OH)–C–C–N with tert-alkyl or cyclic N) is 1. The van der Waals surface area contributed by atoms with Gasteiger partial charge in [0.1, 0.15) is 35.8 Å². The van der Waals surface area contributed by atoms with Crippen LogP contribution in [-0.2, 0) is 19.1 Å². The van der Waals surface area contributed by atoms with Crippen molar-refractivity contribution in [2.45, 2.75) is 110 Å². The van der Waals surface area contributed by atoms with Crippen molar-refractivity contribution in [3.63, 3.8) is 0 Å². The number of aliphatic hydroxyl groups excluding tert-OH is 1. The summed E-state index contributed by atoms with van der Waals surface area (Å²) in [7, 11) is 0. The molecule has 6 atom stereocenters. The zero-order valence-electron chi connectivity index (χ0n) is 46.8. The van der Waals surface area contributed by atoms with E-state index in [1.807, 2.05) is 69.3 Å². The third kappa shape index (κ3) is 12.6. The zero-order valence-corrected chi connectivity index (χ0v) is 48.4. The molecule has 3 amide bonds. The number of aryl methyl sites for hydroxylation is 1. The third-order valence-corrected chi connectivity index (χ3v) is 17.9. The number of aliphatic hydroxyl groups is 1. The molecule has 0 bridgehead atoms. The maximum Gasteiger partial charge on any atom is 0.319 e. The number of piperazine rings is 1. The van der Waals surface area contributed by atoms with Crippen LogP contribution in [0.4, 0.5) is 10.2 Å². The molecule has 6 aromatic rings. The average molecular weight is 1140 g/mol. The molecule has 0 spiro atoms. The minimum Gasteiger partial charge on any atom is -0.508 e. The summed E-state index contributed by atoms with van der Waals surface area (Å²) in [6.45, 7) is 21.4. The number of ether oxygens (including phenoxy) is 2. The van der Waals surface area contributed by atoms with Crippen molar-refractivity contribution in [3.8, 4) is 33.3 Å². The number of phenols is 1. The van der Waals surface area contributed by atoms with Crippen LogP contribution in [0, 0.1) is 24.1 Å². The first kappa shape index (κ1) is 57.5. The third-order valence-electron chi connectivity index (χ3n) is 16.6. The van der Waals surface area contributed by atoms with Crippen LogP contribution >= 0.6 is 22.9 Å². The van der Waals surface area contributed by atoms with Crippen molar-refractivity contribution in [2.24, 2.45) is 11.3 Å². The Hall–Kier alpha value is -6.70. The molecular weight excluding hydrogens is 1070 g/mol. The minimum atomic E-state index is -0.878. The number of nitrogens with one attached hydrogen (secondary N) is 2. The largest absolute Gasteiger partial charge is 0.508 e. The Kier molecular flexibility index (Phi) is 17.3. The standard InChI is InChI=1S/C62H73ClFN9O7S/c1-8-53(77)71-24-26-72(27-25-71)59-47-31-48(63)54(46-29-43(74)28-42-12-9-10-13-45(42)46)55(64)56(47)68-61(69-59)80-51-15-11-14-49(51)70-22-20-39(21-23-70)33-79-34-52(76)67-58(62(5,6)7)60(78)73-32-44(75)30-50(73)37(3)66-36(2)40-16-18-41(19-17-40)57-38(4)65-35-81-57/h8-10,12-13,16-19,28-29,31,35-36,39,44,49-51,58,66,74-75H,1,3,11,14-15,20-27,30,32-34H2,2,4-7H3,(H,67,76)/t36-,44+,49-,50-,51-,58+/m0/s1. The second-order valence-electron chi connectivity index (χ2n) is 23.2. The molecule has 4 N–H and O–H groups in total. The van der Waals surface area contributed by atoms with Gasteiger partial charge >= 0.3 is 6.01 Å². The Bertz CT molecular complexity index is 3320. The van der Waals surface area contributed by atoms with E-state index in [1.54, 1.807) is 33.3 Å². The molecule has 2 aromatic heterocycles. The van der Waals surface area contributed by atoms with Gasteiger partial charge in [-0.1, -0.05) is 94.1 Å². The molecule has 16 nitrogen and oxygen atoms in total. The molecule has 428 valence electrons. The number of halogens is 2. The monoisotopic (exact) mass is 1140 g/mol. The Labute approximate surface area is 482 Å². The Morgan fingerprint density at radius 1 is 0.963 bits per heavy atom. The van der Waals surface area contributed by atoms with Crippen LogP contribution in [-0.4, -0.2) is 147 Å². The second kappa shape index (κ2) is 24.4. The van der Waals surface area contributed by atoms with E-state index in [4.69, 9.17) is 31.0 Å². The fourth-order valence-electron chi connectivity index (χ4n) is 12.2. The smallest absolute Gasteiger partial charge is 0.319 e. The van der Waals surface area contributed by atoms with Gasteiger partial charge in [-0.2, -0.15) is 9.97 Å². The summed E-state index contributed by atoms with van der Waals surface area (Å²) in [4.78, 5) is 63.6. The fraction of sp³-hybridized carbons (Fsp3) is 0.452. The average Bonchev–Trinajstić information content (AvgIpc) is 4.41. The highest BCUT2D eigenvalue weighted by molar-refractivity contribution is 7.13. The number of aromatic hydroxyl groups is 1. The molecule has 3 aliphatic heterocycles. The summed E-state index contributed by atoms with van der Waals surface area (Å²) in [6.07, 6.45) is 4.91. The summed E-state index contributed by atoms with van der Waals surface area (Å²) < 4.78 is 30.2. The van der Waals surface area contributed by atoms with E-state index in [1.165, 1.54) is 12.1 Å². The van der Waals surface area contributed by atoms with Crippen molar-refractivity contribution in [1.29, 1.82) is 0 Å². The van der Waals surface area contributed by atoms with E-state index < -0.39 is 29.4 Å². The molecule has 19 heteroatoms. The molecule has 0 unspecified atom stereocenters. The van der Waals surface area contributed by atoms with E-state index in [-0.39, 0.29) is 82.8 Å². The van der Waals surface area contributed by atoms with Crippen molar-refractivity contribution in [2.75, 3.05) is 63.9 Å². The van der Waals surface area contributed by atoms with Gasteiger partial charge in [-0.25, -0.2) is 9.37 Å². The molecule has 5 heterocycles. The number of nitrogens with zero attached hydrogens (tertiary/aromatic N) is 7. The molecule has 1 aliphatic carbocycles. The van der Waals surface area contributed by atoms with Gasteiger partial charge in [0.25, 0.3) is 0 Å². The summed E-state index contributed by atoms with van der Waals surface area (Å²) in [5.41, 5.74) is 5.55. The number of carbonyl (C=O) groups is 3. The van der Waals surface area contributed by atoms with Gasteiger partial charge in [-0.15, -0.1) is 11.3 Å². The quantitative estimate of drug-likeness (QED) is 0.0634. The van der Waals surface area contributed by atoms with Gasteiger partial charge in [-0.05, 0) is 122 Å². The number of benzene rings is 4. The molecule has 4 aliphatic rings. The topological polar surface area (TPSA) is 186 Å². The second-order valence-corrected chi connectivity index (χ2v) is 24.5. The van der Waals surface area contributed by atoms with Crippen LogP contribution in [0.1, 0.15) is 83.5 Å². The van der Waals surface area contributed by atoms with Gasteiger partial charge in [0.05, 0.1) is 39.9 Å². The molecule has 81 heavy (non-hydrogen) atoms. The molecule has 0 radical (unpaired) electrons. The number of hydrogen-bond donors (Lipinski definition) is 4. The van der Waals surface area contributed by atoms with E-state index in [2.05, 4.69) is 57.9 Å². The van der Waals surface area contributed by atoms with Gasteiger partial charge < -0.3 is 45.0 Å². The van der Waals surface area contributed by atoms with E-state index in [0.717, 1.165) is 77.7 Å². The number of rotatable bonds is 17. The first-order valence-electron chi connectivity index (χ1n) is 28.1. The lowest BCUT2D eigenvalue weighted by molar-refractivity contribution is -0.141. The lowest BCUT2D eigenvalue weighted by Crippen LogP contribution is -2.57. The molecule has 4 fully saturated rings. The highest BCUT2D eigenvalue weighted by Crippen LogP contribution is 2.43. The maximum atomic E-state index is 17.4. The van der Waals surface area contributed by atoms with E-state index >= 15 is 4.39 Å². The normalized spacial score (nSPS) is 20.9. The summed E-state index contributed by atoms with van der Waals surface area (Å²) >= 11 is 8.60. The SMILES string of the molecule is C=CC(=O)N1CCN(c2nc(O[C@H]3CCC[C@@H]3N3CCC(COCC(=O)N[C@H](C(=O)N4C[C@H](O)C[C@H]4C(=C)N[C@@H](C)c4ccc(-c5scnc5C)cc4)C(C)(C)C)CC3)nc3c(F)c(-c4cc(O)cc5ccccc45)c(Cl)cc23)CC1. The zero-order chi connectivity index (χ0) is 57.3. The van der Waals surface area contributed by atoms with E-state index in [0.29, 0.717) is 61.7 Å². The fourth-order valence-corrected chi connectivity index (χ4v) is 13.3. The number of phenolic OH excluding ortho intramolecular Hbond substituents is 1.